The van der Waals surface area contributed by atoms with E-state index in [1.807, 2.05) is 4.90 Å². The van der Waals surface area contributed by atoms with Crippen LogP contribution in [0.4, 0.5) is 0 Å². The number of piperidine rings is 1. The van der Waals surface area contributed by atoms with E-state index in [9.17, 15) is 14.7 Å². The predicted octanol–water partition coefficient (Wildman–Crippen LogP) is 1.66. The molecule has 1 spiro atoms. The van der Waals surface area contributed by atoms with E-state index < -0.39 is 5.54 Å². The number of ether oxygens (including phenoxy) is 1. The van der Waals surface area contributed by atoms with Gasteiger partial charge < -0.3 is 24.6 Å². The molecule has 0 aliphatic carbocycles. The van der Waals surface area contributed by atoms with Crippen LogP contribution < -0.4 is 4.74 Å². The average molecular weight is 384 g/mol. The monoisotopic (exact) mass is 384 g/mol. The topological polar surface area (TPSA) is 98.8 Å². The minimum Gasteiger partial charge on any atom is -0.507 e. The number of nitrogens with zero attached hydrogens (tertiary/aromatic N) is 3. The maximum absolute atomic E-state index is 13.0. The number of imidazole rings is 1. The maximum Gasteiger partial charge on any atom is 0.257 e. The molecule has 2 aromatic rings. The van der Waals surface area contributed by atoms with E-state index >= 15 is 0 Å². The molecule has 28 heavy (non-hydrogen) atoms. The van der Waals surface area contributed by atoms with Crippen molar-refractivity contribution >= 4 is 11.8 Å². The summed E-state index contributed by atoms with van der Waals surface area (Å²) in [5, 5.41) is 10.1. The Hall–Kier alpha value is -3.03. The third kappa shape index (κ3) is 2.80. The predicted molar refractivity (Wildman–Crippen MR) is 101 cm³/mol. The number of amides is 2. The van der Waals surface area contributed by atoms with Crippen LogP contribution in [0.1, 0.15) is 41.5 Å². The summed E-state index contributed by atoms with van der Waals surface area (Å²) in [5.74, 6) is 0.243. The van der Waals surface area contributed by atoms with Crippen molar-refractivity contribution in [2.45, 2.75) is 31.7 Å². The van der Waals surface area contributed by atoms with Crippen LogP contribution in [0.2, 0.25) is 0 Å². The summed E-state index contributed by atoms with van der Waals surface area (Å²) < 4.78 is 5.17. The van der Waals surface area contributed by atoms with Crippen LogP contribution in [-0.4, -0.2) is 63.4 Å². The molecule has 3 heterocycles. The highest BCUT2D eigenvalue weighted by atomic mass is 16.5. The van der Waals surface area contributed by atoms with Crippen LogP contribution in [0.3, 0.4) is 0 Å². The molecule has 4 rings (SSSR count). The molecule has 0 unspecified atom stereocenters. The number of methoxy groups -OCH3 is 1. The van der Waals surface area contributed by atoms with E-state index in [2.05, 4.69) is 9.97 Å². The van der Waals surface area contributed by atoms with Gasteiger partial charge in [-0.15, -0.1) is 0 Å². The quantitative estimate of drug-likeness (QED) is 0.821. The Kier molecular flexibility index (Phi) is 4.49. The molecule has 2 N–H and O–H groups in total. The number of phenolic OH excluding ortho intramolecular Hbond substituents is 1. The fourth-order valence-corrected chi connectivity index (χ4v) is 4.51. The summed E-state index contributed by atoms with van der Waals surface area (Å²) in [4.78, 5) is 36.6. The van der Waals surface area contributed by atoms with E-state index in [0.29, 0.717) is 38.2 Å². The number of aromatic amines is 1. The fraction of sp³-hybridized carbons (Fsp3) is 0.450. The average Bonchev–Trinajstić information content (AvgIpc) is 3.18. The lowest BCUT2D eigenvalue weighted by Crippen LogP contribution is -2.58. The van der Waals surface area contributed by atoms with E-state index in [4.69, 9.17) is 4.74 Å². The normalized spacial score (nSPS) is 18.1. The number of aromatic nitrogens is 2. The zero-order chi connectivity index (χ0) is 19.9. The van der Waals surface area contributed by atoms with Gasteiger partial charge in [0.2, 0.25) is 5.91 Å². The van der Waals surface area contributed by atoms with Crippen LogP contribution >= 0.6 is 0 Å². The Morgan fingerprint density at radius 3 is 2.68 bits per heavy atom. The van der Waals surface area contributed by atoms with Crippen LogP contribution in [-0.2, 0) is 16.8 Å². The van der Waals surface area contributed by atoms with E-state index in [1.54, 1.807) is 30.3 Å². The first-order valence-electron chi connectivity index (χ1n) is 9.43. The zero-order valence-electron chi connectivity index (χ0n) is 16.1. The van der Waals surface area contributed by atoms with Gasteiger partial charge in [0.1, 0.15) is 11.5 Å². The summed E-state index contributed by atoms with van der Waals surface area (Å²) in [7, 11) is 1.52. The minimum absolute atomic E-state index is 0.0267. The number of rotatable bonds is 2. The molecule has 0 bridgehead atoms. The Bertz CT molecular complexity index is 915. The summed E-state index contributed by atoms with van der Waals surface area (Å²) in [6, 6.07) is 4.63. The highest BCUT2D eigenvalue weighted by Crippen LogP contribution is 2.42. The molecule has 1 aromatic heterocycles. The van der Waals surface area contributed by atoms with Crippen molar-refractivity contribution in [1.29, 1.82) is 0 Å². The SMILES string of the molecule is COc1ccc(O)c(C(=O)N2CCC3(CC2)c2nc[nH]c2CCN3C(C)=O)c1. The molecule has 2 amide bonds. The number of hydrogen-bond acceptors (Lipinski definition) is 5. The second-order valence-electron chi connectivity index (χ2n) is 7.36. The Balaban J connectivity index is 1.59. The summed E-state index contributed by atoms with van der Waals surface area (Å²) >= 11 is 0. The number of phenols is 1. The lowest BCUT2D eigenvalue weighted by atomic mass is 9.78. The van der Waals surface area contributed by atoms with Gasteiger partial charge in [-0.1, -0.05) is 0 Å². The van der Waals surface area contributed by atoms with Gasteiger partial charge in [-0.25, -0.2) is 4.98 Å². The van der Waals surface area contributed by atoms with Gasteiger partial charge in [-0.05, 0) is 31.0 Å². The molecule has 0 atom stereocenters. The number of carbonyl (C=O) groups is 2. The van der Waals surface area contributed by atoms with Crippen LogP contribution in [0.5, 0.6) is 11.5 Å². The lowest BCUT2D eigenvalue weighted by Gasteiger charge is -2.50. The van der Waals surface area contributed by atoms with Crippen LogP contribution in [0, 0.1) is 0 Å². The van der Waals surface area contributed by atoms with Crippen molar-refractivity contribution in [2.24, 2.45) is 0 Å². The number of aromatic hydroxyl groups is 1. The summed E-state index contributed by atoms with van der Waals surface area (Å²) in [6.07, 6.45) is 3.67. The fourth-order valence-electron chi connectivity index (χ4n) is 4.51. The van der Waals surface area contributed by atoms with Crippen molar-refractivity contribution in [1.82, 2.24) is 19.8 Å². The molecule has 0 radical (unpaired) electrons. The van der Waals surface area contributed by atoms with Crippen LogP contribution in [0.15, 0.2) is 24.5 Å². The van der Waals surface area contributed by atoms with Crippen molar-refractivity contribution in [3.63, 3.8) is 0 Å². The second-order valence-corrected chi connectivity index (χ2v) is 7.36. The first-order valence-corrected chi connectivity index (χ1v) is 9.43. The summed E-state index contributed by atoms with van der Waals surface area (Å²) in [6.45, 7) is 3.19. The third-order valence-electron chi connectivity index (χ3n) is 5.95. The first kappa shape index (κ1) is 18.3. The summed E-state index contributed by atoms with van der Waals surface area (Å²) in [5.41, 5.74) is 1.74. The number of hydrogen-bond donors (Lipinski definition) is 2. The molecule has 0 saturated carbocycles. The lowest BCUT2D eigenvalue weighted by molar-refractivity contribution is -0.139. The van der Waals surface area contributed by atoms with Crippen molar-refractivity contribution in [3.05, 3.63) is 41.5 Å². The van der Waals surface area contributed by atoms with Gasteiger partial charge in [-0.2, -0.15) is 0 Å². The highest BCUT2D eigenvalue weighted by molar-refractivity contribution is 5.97. The number of benzene rings is 1. The molecule has 2 aliphatic rings. The Morgan fingerprint density at radius 2 is 2.00 bits per heavy atom. The number of nitrogens with one attached hydrogen (secondary N) is 1. The van der Waals surface area contributed by atoms with Gasteiger partial charge in [0.25, 0.3) is 5.91 Å². The van der Waals surface area contributed by atoms with Gasteiger partial charge in [0.15, 0.2) is 0 Å². The standard InChI is InChI=1S/C20H24N4O4/c1-13(25)24-8-5-16-18(22-12-21-16)20(24)6-9-23(10-7-20)19(27)15-11-14(28-2)3-4-17(15)26/h3-4,11-12,26H,5-10H2,1-2H3,(H,21,22). The van der Waals surface area contributed by atoms with Gasteiger partial charge in [0.05, 0.1) is 30.2 Å². The molecular formula is C20H24N4O4. The van der Waals surface area contributed by atoms with Crippen molar-refractivity contribution in [3.8, 4) is 11.5 Å². The van der Waals surface area contributed by atoms with Crippen molar-refractivity contribution < 1.29 is 19.4 Å². The van der Waals surface area contributed by atoms with E-state index in [0.717, 1.165) is 17.8 Å². The Labute approximate surface area is 163 Å². The maximum atomic E-state index is 13.0. The van der Waals surface area contributed by atoms with Gasteiger partial charge >= 0.3 is 0 Å². The molecule has 148 valence electrons. The Morgan fingerprint density at radius 1 is 1.25 bits per heavy atom. The van der Waals surface area contributed by atoms with E-state index in [1.165, 1.54) is 13.2 Å². The molecule has 2 aliphatic heterocycles. The number of H-pyrrole nitrogens is 1. The zero-order valence-corrected chi connectivity index (χ0v) is 16.1. The van der Waals surface area contributed by atoms with E-state index in [-0.39, 0.29) is 23.1 Å². The highest BCUT2D eigenvalue weighted by Gasteiger charge is 2.48. The number of carbonyl (C=O) groups excluding carboxylic acids is 2. The van der Waals surface area contributed by atoms with Gasteiger partial charge in [-0.3, -0.25) is 9.59 Å². The molecular weight excluding hydrogens is 360 g/mol. The number of likely N-dealkylation sites (tertiary alicyclic amines) is 1. The number of fused-ring (bicyclic) bond motifs is 2. The van der Waals surface area contributed by atoms with Crippen LogP contribution in [0.25, 0.3) is 0 Å². The molecule has 1 fully saturated rings. The third-order valence-corrected chi connectivity index (χ3v) is 5.95. The largest absolute Gasteiger partial charge is 0.507 e. The first-order chi connectivity index (χ1) is 13.5. The molecule has 1 aromatic carbocycles. The second kappa shape index (κ2) is 6.85. The smallest absolute Gasteiger partial charge is 0.257 e. The minimum atomic E-state index is -0.480. The molecule has 8 heteroatoms. The molecule has 8 nitrogen and oxygen atoms in total. The molecule has 1 saturated heterocycles. The van der Waals surface area contributed by atoms with Gasteiger partial charge in [0, 0.05) is 38.7 Å². The van der Waals surface area contributed by atoms with Crippen molar-refractivity contribution in [2.75, 3.05) is 26.7 Å².